The molecule has 33 heavy (non-hydrogen) atoms. The van der Waals surface area contributed by atoms with Crippen molar-refractivity contribution in [3.8, 4) is 11.8 Å². The van der Waals surface area contributed by atoms with E-state index in [-0.39, 0.29) is 24.6 Å². The maximum Gasteiger partial charge on any atom is 0.243 e. The number of hydrogen-bond acceptors (Lipinski definition) is 4. The number of aliphatic hydroxyl groups is 1. The SMILES string of the molecule is Cc1cccc(S(=O)(=O)N2CCCCN3[C@H](CO)[C@@H](c4ccc(C#CC5CC5)cc4)[C@H]3C2)c1. The zero-order valence-corrected chi connectivity index (χ0v) is 20.0. The second kappa shape index (κ2) is 9.23. The zero-order chi connectivity index (χ0) is 23.0. The van der Waals surface area contributed by atoms with Crippen molar-refractivity contribution < 1.29 is 13.5 Å². The van der Waals surface area contributed by atoms with E-state index >= 15 is 0 Å². The Morgan fingerprint density at radius 2 is 1.82 bits per heavy atom. The topological polar surface area (TPSA) is 60.9 Å². The highest BCUT2D eigenvalue weighted by Gasteiger charge is 2.50. The molecule has 6 heteroatoms. The van der Waals surface area contributed by atoms with E-state index in [0.29, 0.717) is 23.9 Å². The van der Waals surface area contributed by atoms with Gasteiger partial charge in [0.05, 0.1) is 11.5 Å². The number of hydrogen-bond donors (Lipinski definition) is 1. The first-order valence-corrected chi connectivity index (χ1v) is 13.5. The van der Waals surface area contributed by atoms with Crippen molar-refractivity contribution in [3.05, 3.63) is 65.2 Å². The average Bonchev–Trinajstić information content (AvgIpc) is 3.62. The molecule has 0 aromatic heterocycles. The van der Waals surface area contributed by atoms with E-state index in [4.69, 9.17) is 0 Å². The number of sulfonamides is 1. The molecule has 0 radical (unpaired) electrons. The molecule has 0 unspecified atom stereocenters. The van der Waals surface area contributed by atoms with Gasteiger partial charge in [-0.15, -0.1) is 0 Å². The van der Waals surface area contributed by atoms with Gasteiger partial charge in [-0.3, -0.25) is 4.90 Å². The fourth-order valence-corrected chi connectivity index (χ4v) is 6.86. The minimum atomic E-state index is -3.57. The van der Waals surface area contributed by atoms with E-state index < -0.39 is 10.0 Å². The Morgan fingerprint density at radius 1 is 1.06 bits per heavy atom. The van der Waals surface area contributed by atoms with Crippen LogP contribution in [0.25, 0.3) is 0 Å². The third kappa shape index (κ3) is 4.61. The average molecular weight is 465 g/mol. The van der Waals surface area contributed by atoms with Gasteiger partial charge in [-0.2, -0.15) is 4.31 Å². The summed E-state index contributed by atoms with van der Waals surface area (Å²) in [7, 11) is -3.57. The summed E-state index contributed by atoms with van der Waals surface area (Å²) in [4.78, 5) is 2.67. The van der Waals surface area contributed by atoms with E-state index in [1.807, 2.05) is 13.0 Å². The van der Waals surface area contributed by atoms with Crippen molar-refractivity contribution in [2.24, 2.45) is 5.92 Å². The van der Waals surface area contributed by atoms with Crippen LogP contribution in [0.5, 0.6) is 0 Å². The summed E-state index contributed by atoms with van der Waals surface area (Å²) in [6.45, 7) is 3.87. The van der Waals surface area contributed by atoms with Gasteiger partial charge in [-0.05, 0) is 74.5 Å². The Bertz CT molecular complexity index is 1160. The zero-order valence-electron chi connectivity index (χ0n) is 19.2. The molecule has 2 aromatic rings. The Morgan fingerprint density at radius 3 is 2.52 bits per heavy atom. The lowest BCUT2D eigenvalue weighted by atomic mass is 9.74. The van der Waals surface area contributed by atoms with Gasteiger partial charge >= 0.3 is 0 Å². The van der Waals surface area contributed by atoms with Crippen molar-refractivity contribution in [1.82, 2.24) is 9.21 Å². The monoisotopic (exact) mass is 464 g/mol. The third-order valence-corrected chi connectivity index (χ3v) is 9.11. The van der Waals surface area contributed by atoms with Crippen LogP contribution in [0.15, 0.2) is 53.4 Å². The molecule has 5 nitrogen and oxygen atoms in total. The Kier molecular flexibility index (Phi) is 6.32. The van der Waals surface area contributed by atoms with Crippen molar-refractivity contribution in [1.29, 1.82) is 0 Å². The number of nitrogens with zero attached hydrogens (tertiary/aromatic N) is 2. The van der Waals surface area contributed by atoms with E-state index in [1.165, 1.54) is 12.8 Å². The number of benzene rings is 2. The Balaban J connectivity index is 1.40. The highest BCUT2D eigenvalue weighted by molar-refractivity contribution is 7.89. The minimum Gasteiger partial charge on any atom is -0.395 e. The number of aryl methyl sites for hydroxylation is 1. The van der Waals surface area contributed by atoms with E-state index in [0.717, 1.165) is 36.1 Å². The van der Waals surface area contributed by atoms with Crippen molar-refractivity contribution in [3.63, 3.8) is 0 Å². The lowest BCUT2D eigenvalue weighted by Crippen LogP contribution is -2.67. The van der Waals surface area contributed by atoms with Crippen molar-refractivity contribution in [2.45, 2.75) is 55.5 Å². The molecule has 0 bridgehead atoms. The normalized spacial score (nSPS) is 26.3. The van der Waals surface area contributed by atoms with Crippen LogP contribution >= 0.6 is 0 Å². The second-order valence-corrected chi connectivity index (χ2v) is 11.6. The maximum absolute atomic E-state index is 13.5. The molecule has 2 aliphatic heterocycles. The lowest BCUT2D eigenvalue weighted by Gasteiger charge is -2.57. The van der Waals surface area contributed by atoms with Gasteiger partial charge in [0.15, 0.2) is 0 Å². The summed E-state index contributed by atoms with van der Waals surface area (Å²) >= 11 is 0. The molecule has 3 fully saturated rings. The molecule has 0 spiro atoms. The quantitative estimate of drug-likeness (QED) is 0.705. The molecule has 1 aliphatic carbocycles. The minimum absolute atomic E-state index is 0.0278. The molecule has 174 valence electrons. The maximum atomic E-state index is 13.5. The summed E-state index contributed by atoms with van der Waals surface area (Å²) in [5.41, 5.74) is 3.11. The van der Waals surface area contributed by atoms with Gasteiger partial charge in [0.1, 0.15) is 0 Å². The van der Waals surface area contributed by atoms with Crippen LogP contribution < -0.4 is 0 Å². The Hall–Kier alpha value is -2.17. The van der Waals surface area contributed by atoms with Crippen LogP contribution in [0, 0.1) is 24.7 Å². The van der Waals surface area contributed by atoms with Crippen molar-refractivity contribution in [2.75, 3.05) is 26.2 Å². The standard InChI is InChI=1S/C27H32N2O3S/c1-20-5-4-6-24(17-20)33(31,32)28-15-2-3-16-29-25(18-28)27(26(29)19-30)23-13-11-22(12-14-23)10-9-21-7-8-21/h4-6,11-14,17,21,25-27,30H,2-3,7-8,15-16,18-19H2,1H3/t25-,26-,27+/m1/s1. The van der Waals surface area contributed by atoms with E-state index in [1.54, 1.807) is 22.5 Å². The molecule has 2 heterocycles. The third-order valence-electron chi connectivity index (χ3n) is 7.25. The lowest BCUT2D eigenvalue weighted by molar-refractivity contribution is -0.0553. The summed E-state index contributed by atoms with van der Waals surface area (Å²) < 4.78 is 28.7. The van der Waals surface area contributed by atoms with Crippen LogP contribution in [-0.4, -0.2) is 61.1 Å². The number of aliphatic hydroxyl groups excluding tert-OH is 1. The predicted molar refractivity (Wildman–Crippen MR) is 129 cm³/mol. The molecule has 3 atom stereocenters. The summed E-state index contributed by atoms with van der Waals surface area (Å²) in [5, 5.41) is 10.2. The van der Waals surface area contributed by atoms with Gasteiger partial charge in [0.2, 0.25) is 10.0 Å². The molecular weight excluding hydrogens is 432 g/mol. The fraction of sp³-hybridized carbons (Fsp3) is 0.481. The number of rotatable bonds is 4. The molecule has 5 rings (SSSR count). The first kappa shape index (κ1) is 22.6. The van der Waals surface area contributed by atoms with Crippen LogP contribution in [-0.2, 0) is 10.0 Å². The highest BCUT2D eigenvalue weighted by Crippen LogP contribution is 2.42. The van der Waals surface area contributed by atoms with Crippen LogP contribution in [0.2, 0.25) is 0 Å². The van der Waals surface area contributed by atoms with Gasteiger partial charge in [-0.25, -0.2) is 8.42 Å². The summed E-state index contributed by atoms with van der Waals surface area (Å²) in [6.07, 6.45) is 4.18. The fourth-order valence-electron chi connectivity index (χ4n) is 5.25. The highest BCUT2D eigenvalue weighted by atomic mass is 32.2. The molecule has 1 saturated carbocycles. The molecule has 1 N–H and O–H groups in total. The smallest absolute Gasteiger partial charge is 0.243 e. The molecular formula is C27H32N2O3S. The van der Waals surface area contributed by atoms with Crippen LogP contribution in [0.4, 0.5) is 0 Å². The van der Waals surface area contributed by atoms with Crippen molar-refractivity contribution >= 4 is 10.0 Å². The van der Waals surface area contributed by atoms with Gasteiger partial charge < -0.3 is 5.11 Å². The molecule has 2 aromatic carbocycles. The van der Waals surface area contributed by atoms with Crippen LogP contribution in [0.1, 0.15) is 48.3 Å². The largest absolute Gasteiger partial charge is 0.395 e. The van der Waals surface area contributed by atoms with Gasteiger partial charge in [0.25, 0.3) is 0 Å². The first-order chi connectivity index (χ1) is 16.0. The molecule has 0 amide bonds. The predicted octanol–water partition coefficient (Wildman–Crippen LogP) is 3.37. The summed E-state index contributed by atoms with van der Waals surface area (Å²) in [5.74, 6) is 7.24. The first-order valence-electron chi connectivity index (χ1n) is 12.0. The van der Waals surface area contributed by atoms with E-state index in [2.05, 4.69) is 41.0 Å². The second-order valence-electron chi connectivity index (χ2n) is 9.63. The van der Waals surface area contributed by atoms with Gasteiger partial charge in [0, 0.05) is 42.6 Å². The molecule has 2 saturated heterocycles. The van der Waals surface area contributed by atoms with Gasteiger partial charge in [-0.1, -0.05) is 36.1 Å². The summed E-state index contributed by atoms with van der Waals surface area (Å²) in [6, 6.07) is 15.6. The van der Waals surface area contributed by atoms with E-state index in [9.17, 15) is 13.5 Å². The van der Waals surface area contributed by atoms with Crippen LogP contribution in [0.3, 0.4) is 0 Å². The molecule has 3 aliphatic rings. The Labute approximate surface area is 197 Å². The number of fused-ring (bicyclic) bond motifs is 1.